The molecule has 0 aromatic heterocycles. The average molecular weight is 535 g/mol. The first-order chi connectivity index (χ1) is 15.6. The first kappa shape index (κ1) is 24.7. The van der Waals surface area contributed by atoms with E-state index in [1.165, 1.54) is 42.5 Å². The quantitative estimate of drug-likeness (QED) is 0.394. The van der Waals surface area contributed by atoms with Crippen molar-refractivity contribution in [3.05, 3.63) is 81.6 Å². The number of nitrogens with one attached hydrogen (secondary N) is 2. The standard InChI is InChI=1S/C24H24BrFN2O4S/c1-4-17-13-18(25)11-16(3)24(17)27-23(29)14-32-22-10-9-21(12-15(22)2)33(30,31)28-20-7-5-19(26)6-8-20/h5-13,28H,4,14H2,1-3H3,(H,27,29). The van der Waals surface area contributed by atoms with Crippen molar-refractivity contribution in [2.24, 2.45) is 0 Å². The Kier molecular flexibility index (Phi) is 7.76. The number of benzene rings is 3. The van der Waals surface area contributed by atoms with Gasteiger partial charge in [-0.05, 0) is 91.6 Å². The maximum atomic E-state index is 13.0. The largest absolute Gasteiger partial charge is 0.483 e. The van der Waals surface area contributed by atoms with Crippen LogP contribution < -0.4 is 14.8 Å². The Hall–Kier alpha value is -2.91. The highest BCUT2D eigenvalue weighted by molar-refractivity contribution is 9.10. The van der Waals surface area contributed by atoms with Gasteiger partial charge in [-0.25, -0.2) is 12.8 Å². The van der Waals surface area contributed by atoms with E-state index in [4.69, 9.17) is 4.74 Å². The summed E-state index contributed by atoms with van der Waals surface area (Å²) < 4.78 is 47.3. The summed E-state index contributed by atoms with van der Waals surface area (Å²) in [6.45, 7) is 5.40. The normalized spacial score (nSPS) is 11.2. The Bertz CT molecular complexity index is 1280. The van der Waals surface area contributed by atoms with Crippen LogP contribution in [0, 0.1) is 19.7 Å². The Morgan fingerprint density at radius 2 is 1.73 bits per heavy atom. The minimum atomic E-state index is -3.86. The lowest BCUT2D eigenvalue weighted by Gasteiger charge is -2.15. The minimum Gasteiger partial charge on any atom is -0.483 e. The highest BCUT2D eigenvalue weighted by Crippen LogP contribution is 2.27. The summed E-state index contributed by atoms with van der Waals surface area (Å²) in [5.41, 5.74) is 3.52. The van der Waals surface area contributed by atoms with Crippen LogP contribution in [-0.2, 0) is 21.2 Å². The van der Waals surface area contributed by atoms with Gasteiger partial charge < -0.3 is 10.1 Å². The lowest BCUT2D eigenvalue weighted by Crippen LogP contribution is -2.22. The van der Waals surface area contributed by atoms with E-state index < -0.39 is 15.8 Å². The summed E-state index contributed by atoms with van der Waals surface area (Å²) in [6, 6.07) is 13.3. The topological polar surface area (TPSA) is 84.5 Å². The number of carbonyl (C=O) groups excluding carboxylic acids is 1. The summed E-state index contributed by atoms with van der Waals surface area (Å²) >= 11 is 3.46. The monoisotopic (exact) mass is 534 g/mol. The Balaban J connectivity index is 1.67. The first-order valence-electron chi connectivity index (χ1n) is 10.2. The van der Waals surface area contributed by atoms with Gasteiger partial charge in [0.15, 0.2) is 6.61 Å². The van der Waals surface area contributed by atoms with Crippen LogP contribution in [0.1, 0.15) is 23.6 Å². The third kappa shape index (κ3) is 6.33. The van der Waals surface area contributed by atoms with E-state index in [1.54, 1.807) is 6.92 Å². The number of ether oxygens (including phenoxy) is 1. The maximum Gasteiger partial charge on any atom is 0.262 e. The third-order valence-electron chi connectivity index (χ3n) is 4.94. The van der Waals surface area contributed by atoms with Gasteiger partial charge in [-0.3, -0.25) is 9.52 Å². The van der Waals surface area contributed by atoms with E-state index in [2.05, 4.69) is 26.0 Å². The Labute approximate surface area is 201 Å². The lowest BCUT2D eigenvalue weighted by atomic mass is 10.1. The molecule has 0 unspecified atom stereocenters. The van der Waals surface area contributed by atoms with Gasteiger partial charge in [0.25, 0.3) is 15.9 Å². The zero-order valence-electron chi connectivity index (χ0n) is 18.4. The maximum absolute atomic E-state index is 13.0. The van der Waals surface area contributed by atoms with Gasteiger partial charge in [0.2, 0.25) is 0 Å². The Morgan fingerprint density at radius 1 is 1.03 bits per heavy atom. The molecule has 9 heteroatoms. The van der Waals surface area contributed by atoms with Crippen LogP contribution in [-0.4, -0.2) is 20.9 Å². The fraction of sp³-hybridized carbons (Fsp3) is 0.208. The number of hydrogen-bond acceptors (Lipinski definition) is 4. The summed E-state index contributed by atoms with van der Waals surface area (Å²) in [5, 5.41) is 2.90. The predicted molar refractivity (Wildman–Crippen MR) is 131 cm³/mol. The van der Waals surface area contributed by atoms with Gasteiger partial charge in [0.1, 0.15) is 11.6 Å². The van der Waals surface area contributed by atoms with Crippen molar-refractivity contribution in [1.29, 1.82) is 0 Å². The van der Waals surface area contributed by atoms with Gasteiger partial charge >= 0.3 is 0 Å². The van der Waals surface area contributed by atoms with E-state index in [1.807, 2.05) is 26.0 Å². The highest BCUT2D eigenvalue weighted by Gasteiger charge is 2.17. The van der Waals surface area contributed by atoms with Gasteiger partial charge in [-0.1, -0.05) is 22.9 Å². The number of carbonyl (C=O) groups is 1. The predicted octanol–water partition coefficient (Wildman–Crippen LogP) is 5.59. The summed E-state index contributed by atoms with van der Waals surface area (Å²) in [5.74, 6) is -0.376. The fourth-order valence-electron chi connectivity index (χ4n) is 3.27. The number of amides is 1. The fourth-order valence-corrected chi connectivity index (χ4v) is 5.04. The molecule has 33 heavy (non-hydrogen) atoms. The van der Waals surface area contributed by atoms with Crippen molar-refractivity contribution in [3.63, 3.8) is 0 Å². The van der Waals surface area contributed by atoms with Crippen LogP contribution in [0.2, 0.25) is 0 Å². The first-order valence-corrected chi connectivity index (χ1v) is 12.5. The average Bonchev–Trinajstić information content (AvgIpc) is 2.76. The van der Waals surface area contributed by atoms with Crippen LogP contribution in [0.3, 0.4) is 0 Å². The molecule has 2 N–H and O–H groups in total. The van der Waals surface area contributed by atoms with Crippen molar-refractivity contribution in [2.45, 2.75) is 32.1 Å². The molecule has 0 spiro atoms. The lowest BCUT2D eigenvalue weighted by molar-refractivity contribution is -0.118. The molecule has 0 fully saturated rings. The molecule has 0 aliphatic carbocycles. The number of halogens is 2. The molecule has 0 heterocycles. The van der Waals surface area contributed by atoms with Crippen molar-refractivity contribution in [3.8, 4) is 5.75 Å². The van der Waals surface area contributed by atoms with Crippen molar-refractivity contribution >= 4 is 43.2 Å². The molecule has 0 saturated heterocycles. The number of hydrogen-bond donors (Lipinski definition) is 2. The number of aryl methyl sites for hydroxylation is 3. The van der Waals surface area contributed by atoms with Crippen molar-refractivity contribution < 1.29 is 22.3 Å². The molecule has 3 rings (SSSR count). The second kappa shape index (κ2) is 10.4. The molecule has 3 aromatic rings. The zero-order chi connectivity index (χ0) is 24.2. The van der Waals surface area contributed by atoms with Gasteiger partial charge in [-0.2, -0.15) is 0 Å². The van der Waals surface area contributed by atoms with Crippen LogP contribution in [0.15, 0.2) is 64.0 Å². The van der Waals surface area contributed by atoms with Crippen LogP contribution in [0.25, 0.3) is 0 Å². The molecule has 6 nitrogen and oxygen atoms in total. The van der Waals surface area contributed by atoms with E-state index in [-0.39, 0.29) is 23.1 Å². The second-order valence-electron chi connectivity index (χ2n) is 7.49. The SMILES string of the molecule is CCc1cc(Br)cc(C)c1NC(=O)COc1ccc(S(=O)(=O)Nc2ccc(F)cc2)cc1C. The molecule has 174 valence electrons. The second-order valence-corrected chi connectivity index (χ2v) is 10.1. The Morgan fingerprint density at radius 3 is 2.36 bits per heavy atom. The van der Waals surface area contributed by atoms with Crippen LogP contribution in [0.5, 0.6) is 5.75 Å². The summed E-state index contributed by atoms with van der Waals surface area (Å²) in [6.07, 6.45) is 0.762. The van der Waals surface area contributed by atoms with Gasteiger partial charge in [0.05, 0.1) is 4.90 Å². The highest BCUT2D eigenvalue weighted by atomic mass is 79.9. The van der Waals surface area contributed by atoms with Crippen molar-refractivity contribution in [2.75, 3.05) is 16.6 Å². The molecule has 0 bridgehead atoms. The molecule has 0 aliphatic heterocycles. The smallest absolute Gasteiger partial charge is 0.262 e. The molecular weight excluding hydrogens is 511 g/mol. The number of rotatable bonds is 8. The molecule has 0 radical (unpaired) electrons. The van der Waals surface area contributed by atoms with E-state index in [0.717, 1.165) is 27.7 Å². The zero-order valence-corrected chi connectivity index (χ0v) is 20.8. The van der Waals surface area contributed by atoms with E-state index in [9.17, 15) is 17.6 Å². The molecule has 0 aliphatic rings. The van der Waals surface area contributed by atoms with Crippen molar-refractivity contribution in [1.82, 2.24) is 0 Å². The van der Waals surface area contributed by atoms with Gasteiger partial charge in [-0.15, -0.1) is 0 Å². The summed E-state index contributed by atoms with van der Waals surface area (Å²) in [7, 11) is -3.86. The van der Waals surface area contributed by atoms with Crippen LogP contribution in [0.4, 0.5) is 15.8 Å². The van der Waals surface area contributed by atoms with Crippen LogP contribution >= 0.6 is 15.9 Å². The third-order valence-corrected chi connectivity index (χ3v) is 6.78. The summed E-state index contributed by atoms with van der Waals surface area (Å²) in [4.78, 5) is 12.5. The molecular formula is C24H24BrFN2O4S. The number of sulfonamides is 1. The molecule has 3 aromatic carbocycles. The number of anilines is 2. The molecule has 0 saturated carbocycles. The molecule has 0 atom stereocenters. The van der Waals surface area contributed by atoms with E-state index in [0.29, 0.717) is 11.3 Å². The minimum absolute atomic E-state index is 0.0270. The van der Waals surface area contributed by atoms with Gasteiger partial charge in [0, 0.05) is 15.8 Å². The van der Waals surface area contributed by atoms with E-state index >= 15 is 0 Å². The molecule has 1 amide bonds.